The minimum Gasteiger partial charge on any atom is -0.497 e. The highest BCUT2D eigenvalue weighted by molar-refractivity contribution is 7.89. The van der Waals surface area contributed by atoms with Crippen LogP contribution in [0.25, 0.3) is 0 Å². The fourth-order valence-corrected chi connectivity index (χ4v) is 3.47. The Kier molecular flexibility index (Phi) is 4.26. The molecule has 2 rings (SSSR count). The van der Waals surface area contributed by atoms with Crippen LogP contribution in [0.3, 0.4) is 0 Å². The molecule has 20 heavy (non-hydrogen) atoms. The maximum atomic E-state index is 12.5. The molecule has 6 nitrogen and oxygen atoms in total. The minimum atomic E-state index is -3.65. The highest BCUT2D eigenvalue weighted by Crippen LogP contribution is 2.26. The van der Waals surface area contributed by atoms with Crippen molar-refractivity contribution in [3.63, 3.8) is 0 Å². The Hall–Kier alpha value is -1.64. The summed E-state index contributed by atoms with van der Waals surface area (Å²) in [6, 6.07) is 4.50. The number of nitrogens with two attached hydrogens (primary N) is 1. The number of anilines is 1. The summed E-state index contributed by atoms with van der Waals surface area (Å²) in [4.78, 5) is 4.14. The summed E-state index contributed by atoms with van der Waals surface area (Å²) in [7, 11) is -0.658. The molecule has 8 heteroatoms. The van der Waals surface area contributed by atoms with Gasteiger partial charge in [0.25, 0.3) is 0 Å². The number of ether oxygens (including phenoxy) is 1. The van der Waals surface area contributed by atoms with E-state index in [0.717, 1.165) is 0 Å². The normalized spacial score (nSPS) is 11.8. The van der Waals surface area contributed by atoms with Crippen LogP contribution in [0.5, 0.6) is 5.75 Å². The van der Waals surface area contributed by atoms with E-state index < -0.39 is 10.0 Å². The highest BCUT2D eigenvalue weighted by atomic mass is 32.2. The fourth-order valence-electron chi connectivity index (χ4n) is 1.69. The second-order valence-electron chi connectivity index (χ2n) is 4.14. The zero-order valence-corrected chi connectivity index (χ0v) is 12.7. The molecular weight excluding hydrogens is 298 g/mol. The van der Waals surface area contributed by atoms with Crippen LogP contribution in [0.1, 0.15) is 5.69 Å². The lowest BCUT2D eigenvalue weighted by Gasteiger charge is -2.17. The quantitative estimate of drug-likeness (QED) is 0.847. The van der Waals surface area contributed by atoms with Gasteiger partial charge in [0, 0.05) is 18.5 Å². The van der Waals surface area contributed by atoms with Crippen molar-refractivity contribution in [1.82, 2.24) is 9.29 Å². The number of aromatic nitrogens is 1. The van der Waals surface area contributed by atoms with Gasteiger partial charge >= 0.3 is 0 Å². The van der Waals surface area contributed by atoms with Crippen LogP contribution in [-0.2, 0) is 16.6 Å². The molecule has 0 bridgehead atoms. The molecule has 0 unspecified atom stereocenters. The van der Waals surface area contributed by atoms with E-state index >= 15 is 0 Å². The van der Waals surface area contributed by atoms with E-state index in [0.29, 0.717) is 11.4 Å². The van der Waals surface area contributed by atoms with E-state index in [1.54, 1.807) is 11.6 Å². The van der Waals surface area contributed by atoms with E-state index in [9.17, 15) is 8.42 Å². The van der Waals surface area contributed by atoms with Crippen LogP contribution in [0, 0.1) is 0 Å². The van der Waals surface area contributed by atoms with Crippen molar-refractivity contribution >= 4 is 27.0 Å². The number of benzene rings is 1. The SMILES string of the molecule is COc1ccc(S(=O)(=O)N(C)Cc2cscn2)c(N)c1. The van der Waals surface area contributed by atoms with Crippen LogP contribution in [0.4, 0.5) is 5.69 Å². The molecule has 0 saturated carbocycles. The number of hydrogen-bond donors (Lipinski definition) is 1. The average molecular weight is 313 g/mol. The molecular formula is C12H15N3O3S2. The smallest absolute Gasteiger partial charge is 0.245 e. The summed E-state index contributed by atoms with van der Waals surface area (Å²) in [5, 5.41) is 1.81. The van der Waals surface area contributed by atoms with E-state index in [4.69, 9.17) is 10.5 Å². The lowest BCUT2D eigenvalue weighted by atomic mass is 10.3. The summed E-state index contributed by atoms with van der Waals surface area (Å²) >= 11 is 1.42. The van der Waals surface area contributed by atoms with Crippen LogP contribution in [0.2, 0.25) is 0 Å². The third-order valence-corrected chi connectivity index (χ3v) is 5.29. The number of thiazole rings is 1. The van der Waals surface area contributed by atoms with Crippen molar-refractivity contribution < 1.29 is 13.2 Å². The second kappa shape index (κ2) is 5.78. The van der Waals surface area contributed by atoms with Gasteiger partial charge in [-0.25, -0.2) is 13.4 Å². The predicted octanol–water partition coefficient (Wildman–Crippen LogP) is 1.55. The van der Waals surface area contributed by atoms with E-state index in [1.807, 2.05) is 5.38 Å². The van der Waals surface area contributed by atoms with Gasteiger partial charge in [-0.2, -0.15) is 4.31 Å². The van der Waals surface area contributed by atoms with E-state index in [1.165, 1.54) is 41.9 Å². The van der Waals surface area contributed by atoms with Gasteiger partial charge in [0.1, 0.15) is 10.6 Å². The number of rotatable bonds is 5. The second-order valence-corrected chi connectivity index (χ2v) is 6.88. The average Bonchev–Trinajstić information content (AvgIpc) is 2.91. The van der Waals surface area contributed by atoms with Crippen LogP contribution in [0.15, 0.2) is 34.0 Å². The van der Waals surface area contributed by atoms with Crippen molar-refractivity contribution in [1.29, 1.82) is 0 Å². The Labute approximate surface area is 121 Å². The predicted molar refractivity (Wildman–Crippen MR) is 78.2 cm³/mol. The topological polar surface area (TPSA) is 85.5 Å². The maximum absolute atomic E-state index is 12.5. The Balaban J connectivity index is 2.30. The van der Waals surface area contributed by atoms with Gasteiger partial charge in [0.05, 0.1) is 30.5 Å². The lowest BCUT2D eigenvalue weighted by Crippen LogP contribution is -2.27. The molecule has 0 fully saturated rings. The van der Waals surface area contributed by atoms with Crippen molar-refractivity contribution in [3.8, 4) is 5.75 Å². The molecule has 0 aliphatic carbocycles. The number of nitrogens with zero attached hydrogens (tertiary/aromatic N) is 2. The molecule has 1 heterocycles. The molecule has 2 N–H and O–H groups in total. The first-order valence-corrected chi connectivity index (χ1v) is 8.10. The fraction of sp³-hybridized carbons (Fsp3) is 0.250. The summed E-state index contributed by atoms with van der Waals surface area (Å²) in [5.41, 5.74) is 8.32. The Morgan fingerprint density at radius 3 is 2.75 bits per heavy atom. The summed E-state index contributed by atoms with van der Waals surface area (Å²) < 4.78 is 31.2. The van der Waals surface area contributed by atoms with Crippen molar-refractivity contribution in [2.45, 2.75) is 11.4 Å². The van der Waals surface area contributed by atoms with Gasteiger partial charge in [-0.15, -0.1) is 11.3 Å². The van der Waals surface area contributed by atoms with Gasteiger partial charge < -0.3 is 10.5 Å². The molecule has 108 valence electrons. The molecule has 0 aliphatic rings. The van der Waals surface area contributed by atoms with E-state index in [-0.39, 0.29) is 17.1 Å². The molecule has 0 saturated heterocycles. The number of methoxy groups -OCH3 is 1. The van der Waals surface area contributed by atoms with Gasteiger partial charge in [0.2, 0.25) is 10.0 Å². The molecule has 1 aromatic heterocycles. The third kappa shape index (κ3) is 2.92. The van der Waals surface area contributed by atoms with Gasteiger partial charge in [-0.1, -0.05) is 0 Å². The van der Waals surface area contributed by atoms with E-state index in [2.05, 4.69) is 4.98 Å². The summed E-state index contributed by atoms with van der Waals surface area (Å²) in [5.74, 6) is 0.517. The number of sulfonamides is 1. The van der Waals surface area contributed by atoms with Gasteiger partial charge in [-0.05, 0) is 12.1 Å². The first kappa shape index (κ1) is 14.8. The van der Waals surface area contributed by atoms with Gasteiger partial charge in [0.15, 0.2) is 0 Å². The first-order valence-electron chi connectivity index (χ1n) is 5.72. The lowest BCUT2D eigenvalue weighted by molar-refractivity contribution is 0.414. The minimum absolute atomic E-state index is 0.0658. The van der Waals surface area contributed by atoms with Crippen molar-refractivity contribution in [2.75, 3.05) is 19.9 Å². The monoisotopic (exact) mass is 313 g/mol. The summed E-state index contributed by atoms with van der Waals surface area (Å²) in [6.07, 6.45) is 0. The number of hydrogen-bond acceptors (Lipinski definition) is 6. The zero-order valence-electron chi connectivity index (χ0n) is 11.1. The summed E-state index contributed by atoms with van der Waals surface area (Å²) in [6.45, 7) is 0.206. The Morgan fingerprint density at radius 2 is 2.20 bits per heavy atom. The van der Waals surface area contributed by atoms with Crippen LogP contribution in [-0.4, -0.2) is 31.9 Å². The third-order valence-electron chi connectivity index (χ3n) is 2.77. The molecule has 0 aliphatic heterocycles. The number of nitrogen functional groups attached to an aromatic ring is 1. The molecule has 0 atom stereocenters. The Bertz CT molecular complexity index is 684. The Morgan fingerprint density at radius 1 is 1.45 bits per heavy atom. The molecule has 0 spiro atoms. The highest BCUT2D eigenvalue weighted by Gasteiger charge is 2.24. The van der Waals surface area contributed by atoms with Crippen LogP contribution >= 0.6 is 11.3 Å². The van der Waals surface area contributed by atoms with Crippen molar-refractivity contribution in [3.05, 3.63) is 34.8 Å². The van der Waals surface area contributed by atoms with Crippen molar-refractivity contribution in [2.24, 2.45) is 0 Å². The standard InChI is InChI=1S/C12H15N3O3S2/c1-15(6-9-7-19-8-14-9)20(16,17)12-4-3-10(18-2)5-11(12)13/h3-5,7-8H,6,13H2,1-2H3. The maximum Gasteiger partial charge on any atom is 0.245 e. The molecule has 2 aromatic rings. The van der Waals surface area contributed by atoms with Gasteiger partial charge in [-0.3, -0.25) is 0 Å². The molecule has 0 radical (unpaired) electrons. The molecule has 0 amide bonds. The molecule has 1 aromatic carbocycles. The largest absolute Gasteiger partial charge is 0.497 e. The van der Waals surface area contributed by atoms with Crippen LogP contribution < -0.4 is 10.5 Å². The zero-order chi connectivity index (χ0) is 14.8. The first-order chi connectivity index (χ1) is 9.45.